The van der Waals surface area contributed by atoms with Crippen LogP contribution in [-0.2, 0) is 4.79 Å². The molecule has 2 heterocycles. The summed E-state index contributed by atoms with van der Waals surface area (Å²) >= 11 is 0. The van der Waals surface area contributed by atoms with Crippen molar-refractivity contribution in [3.8, 4) is 28.8 Å². The van der Waals surface area contributed by atoms with E-state index in [1.165, 1.54) is 4.68 Å². The van der Waals surface area contributed by atoms with Crippen molar-refractivity contribution in [3.63, 3.8) is 0 Å². The first kappa shape index (κ1) is 21.9. The fraction of sp³-hybridized carbons (Fsp3) is 0.111. The zero-order valence-electron chi connectivity index (χ0n) is 18.9. The molecule has 172 valence electrons. The molecule has 5 rings (SSSR count). The summed E-state index contributed by atoms with van der Waals surface area (Å²) in [5, 5.41) is 20.9. The number of rotatable bonds is 6. The molecule has 0 fully saturated rings. The summed E-state index contributed by atoms with van der Waals surface area (Å²) in [6.45, 7) is 1.97. The van der Waals surface area contributed by atoms with E-state index >= 15 is 0 Å². The van der Waals surface area contributed by atoms with Gasteiger partial charge in [0.2, 0.25) is 12.7 Å². The highest BCUT2D eigenvalue weighted by atomic mass is 16.7. The molecule has 4 aromatic rings. The van der Waals surface area contributed by atoms with Crippen LogP contribution < -0.4 is 14.8 Å². The van der Waals surface area contributed by atoms with Gasteiger partial charge in [0.15, 0.2) is 11.5 Å². The van der Waals surface area contributed by atoms with Crippen molar-refractivity contribution in [2.75, 3.05) is 12.1 Å². The van der Waals surface area contributed by atoms with Crippen LogP contribution in [0.2, 0.25) is 0 Å². The molecule has 8 heteroatoms. The average molecular weight is 463 g/mol. The Morgan fingerprint density at radius 2 is 1.86 bits per heavy atom. The van der Waals surface area contributed by atoms with Gasteiger partial charge in [-0.3, -0.25) is 4.79 Å². The van der Waals surface area contributed by atoms with Crippen LogP contribution in [0.3, 0.4) is 0 Å². The van der Waals surface area contributed by atoms with Crippen molar-refractivity contribution in [3.05, 3.63) is 90.1 Å². The van der Waals surface area contributed by atoms with E-state index in [1.54, 1.807) is 19.2 Å². The molecule has 3 aromatic carbocycles. The number of nitrogens with one attached hydrogen (secondary N) is 1. The van der Waals surface area contributed by atoms with Gasteiger partial charge in [-0.05, 0) is 48.4 Å². The number of allylic oxidation sites excluding steroid dienone is 1. The molecule has 1 unspecified atom stereocenters. The van der Waals surface area contributed by atoms with Gasteiger partial charge in [-0.15, -0.1) is 5.10 Å². The Labute approximate surface area is 202 Å². The van der Waals surface area contributed by atoms with Gasteiger partial charge in [0.05, 0.1) is 17.8 Å². The molecule has 35 heavy (non-hydrogen) atoms. The average Bonchev–Trinajstić information content (AvgIpc) is 3.57. The van der Waals surface area contributed by atoms with E-state index in [2.05, 4.69) is 21.7 Å². The number of carbonyl (C=O) groups is 1. The fourth-order valence-corrected chi connectivity index (χ4v) is 3.66. The van der Waals surface area contributed by atoms with Crippen molar-refractivity contribution in [2.45, 2.75) is 13.0 Å². The van der Waals surface area contributed by atoms with Gasteiger partial charge in [0, 0.05) is 11.3 Å². The molecular formula is C27H21N5O3. The molecule has 0 saturated heterocycles. The van der Waals surface area contributed by atoms with Crippen molar-refractivity contribution in [1.82, 2.24) is 15.0 Å². The van der Waals surface area contributed by atoms with Gasteiger partial charge in [0.1, 0.15) is 11.7 Å². The van der Waals surface area contributed by atoms with E-state index in [1.807, 2.05) is 72.8 Å². The number of nitriles is 1. The molecule has 0 bridgehead atoms. The Morgan fingerprint density at radius 1 is 1.09 bits per heavy atom. The first-order valence-corrected chi connectivity index (χ1v) is 11.0. The first-order chi connectivity index (χ1) is 17.1. The van der Waals surface area contributed by atoms with Crippen LogP contribution in [0.5, 0.6) is 11.5 Å². The lowest BCUT2D eigenvalue weighted by Gasteiger charge is -2.11. The number of carbonyl (C=O) groups excluding carboxylic acids is 1. The molecular weight excluding hydrogens is 442 g/mol. The molecule has 1 aromatic heterocycles. The molecule has 1 amide bonds. The highest BCUT2D eigenvalue weighted by molar-refractivity contribution is 5.93. The minimum absolute atomic E-state index is 0.185. The molecule has 1 aliphatic heterocycles. The van der Waals surface area contributed by atoms with E-state index < -0.39 is 6.04 Å². The molecule has 0 spiro atoms. The summed E-state index contributed by atoms with van der Waals surface area (Å²) in [5.41, 5.74) is 4.33. The van der Waals surface area contributed by atoms with Crippen LogP contribution in [0.15, 0.2) is 79.0 Å². The standard InChI is InChI=1S/C27H21N5O3/c1-18(27(33)29-23-5-3-2-4-6-23)32-16-24(30-31-32)21-10-8-20(9-11-21)22(15-28)13-19-7-12-25-26(14-19)35-17-34-25/h2-14,16,18H,17H2,1H3,(H,29,33)/b22-13+. The largest absolute Gasteiger partial charge is 0.454 e. The van der Waals surface area contributed by atoms with Crippen LogP contribution in [0.25, 0.3) is 22.9 Å². The smallest absolute Gasteiger partial charge is 0.249 e. The Hall–Kier alpha value is -4.90. The first-order valence-electron chi connectivity index (χ1n) is 11.0. The molecule has 1 aliphatic rings. The number of aromatic nitrogens is 3. The van der Waals surface area contributed by atoms with E-state index in [4.69, 9.17) is 9.47 Å². The van der Waals surface area contributed by atoms with Crippen LogP contribution in [0, 0.1) is 11.3 Å². The summed E-state index contributed by atoms with van der Waals surface area (Å²) in [6, 6.07) is 24.0. The molecule has 0 aliphatic carbocycles. The highest BCUT2D eigenvalue weighted by Crippen LogP contribution is 2.33. The number of anilines is 1. The molecule has 0 saturated carbocycles. The lowest BCUT2D eigenvalue weighted by atomic mass is 10.0. The Morgan fingerprint density at radius 3 is 2.63 bits per heavy atom. The second-order valence-corrected chi connectivity index (χ2v) is 7.97. The predicted molar refractivity (Wildman–Crippen MR) is 131 cm³/mol. The van der Waals surface area contributed by atoms with Gasteiger partial charge < -0.3 is 14.8 Å². The zero-order valence-corrected chi connectivity index (χ0v) is 18.9. The van der Waals surface area contributed by atoms with Crippen LogP contribution in [0.4, 0.5) is 5.69 Å². The summed E-state index contributed by atoms with van der Waals surface area (Å²) in [6.07, 6.45) is 3.54. The maximum Gasteiger partial charge on any atom is 0.249 e. The van der Waals surface area contributed by atoms with Gasteiger partial charge >= 0.3 is 0 Å². The minimum atomic E-state index is -0.537. The molecule has 8 nitrogen and oxygen atoms in total. The van der Waals surface area contributed by atoms with Crippen LogP contribution in [0.1, 0.15) is 24.1 Å². The van der Waals surface area contributed by atoms with E-state index in [0.717, 1.165) is 22.4 Å². The molecule has 0 radical (unpaired) electrons. The Balaban J connectivity index is 1.31. The minimum Gasteiger partial charge on any atom is -0.454 e. The second-order valence-electron chi connectivity index (χ2n) is 7.97. The summed E-state index contributed by atoms with van der Waals surface area (Å²) in [7, 11) is 0. The lowest BCUT2D eigenvalue weighted by molar-refractivity contribution is -0.119. The SMILES string of the molecule is CC(C(=O)Nc1ccccc1)n1cc(-c2ccc(/C(C#N)=C/c3ccc4c(c3)OCO4)cc2)nn1. The number of hydrogen-bond donors (Lipinski definition) is 1. The van der Waals surface area contributed by atoms with Crippen LogP contribution in [-0.4, -0.2) is 27.7 Å². The van der Waals surface area contributed by atoms with E-state index in [9.17, 15) is 10.1 Å². The van der Waals surface area contributed by atoms with Gasteiger partial charge in [0.25, 0.3) is 0 Å². The van der Waals surface area contributed by atoms with Crippen molar-refractivity contribution >= 4 is 23.2 Å². The maximum atomic E-state index is 12.6. The van der Waals surface area contributed by atoms with Crippen LogP contribution >= 0.6 is 0 Å². The monoisotopic (exact) mass is 463 g/mol. The summed E-state index contributed by atoms with van der Waals surface area (Å²) < 4.78 is 12.3. The van der Waals surface area contributed by atoms with E-state index in [-0.39, 0.29) is 12.7 Å². The van der Waals surface area contributed by atoms with Gasteiger partial charge in [-0.2, -0.15) is 5.26 Å². The number of nitrogens with zero attached hydrogens (tertiary/aromatic N) is 4. The number of ether oxygens (including phenoxy) is 2. The van der Waals surface area contributed by atoms with Gasteiger partial charge in [-0.25, -0.2) is 4.68 Å². The van der Waals surface area contributed by atoms with Crippen molar-refractivity contribution in [2.24, 2.45) is 0 Å². The molecule has 1 atom stereocenters. The predicted octanol–water partition coefficient (Wildman–Crippen LogP) is 4.94. The van der Waals surface area contributed by atoms with E-state index in [0.29, 0.717) is 22.8 Å². The third-order valence-corrected chi connectivity index (χ3v) is 5.65. The number of para-hydroxylation sites is 1. The third kappa shape index (κ3) is 4.75. The maximum absolute atomic E-state index is 12.6. The van der Waals surface area contributed by atoms with Gasteiger partial charge in [-0.1, -0.05) is 53.7 Å². The third-order valence-electron chi connectivity index (χ3n) is 5.65. The summed E-state index contributed by atoms with van der Waals surface area (Å²) in [5.74, 6) is 1.18. The molecule has 1 N–H and O–H groups in total. The normalized spacial score (nSPS) is 13.2. The second kappa shape index (κ2) is 9.53. The number of amides is 1. The number of benzene rings is 3. The Bertz CT molecular complexity index is 1440. The zero-order chi connectivity index (χ0) is 24.2. The summed E-state index contributed by atoms with van der Waals surface area (Å²) in [4.78, 5) is 12.6. The topological polar surface area (TPSA) is 102 Å². The lowest BCUT2D eigenvalue weighted by Crippen LogP contribution is -2.24. The number of fused-ring (bicyclic) bond motifs is 1. The van der Waals surface area contributed by atoms with Crippen molar-refractivity contribution < 1.29 is 14.3 Å². The highest BCUT2D eigenvalue weighted by Gasteiger charge is 2.18. The Kier molecular flexibility index (Phi) is 5.97. The van der Waals surface area contributed by atoms with Crippen molar-refractivity contribution in [1.29, 1.82) is 5.26 Å². The fourth-order valence-electron chi connectivity index (χ4n) is 3.66. The number of hydrogen-bond acceptors (Lipinski definition) is 6. The quantitative estimate of drug-likeness (QED) is 0.321.